The van der Waals surface area contributed by atoms with E-state index in [0.29, 0.717) is 18.4 Å². The quantitative estimate of drug-likeness (QED) is 0.693. The zero-order valence-electron chi connectivity index (χ0n) is 10.6. The Hall–Kier alpha value is -1.31. The van der Waals surface area contributed by atoms with Crippen LogP contribution >= 0.6 is 0 Å². The molecule has 2 aliphatic rings. The van der Waals surface area contributed by atoms with Crippen LogP contribution in [-0.4, -0.2) is 12.6 Å². The number of rotatable bonds is 1. The Morgan fingerprint density at radius 1 is 1.12 bits per heavy atom. The summed E-state index contributed by atoms with van der Waals surface area (Å²) in [4.78, 5) is 11.4. The molecule has 3 rings (SSSR count). The maximum atomic E-state index is 11.4. The second-order valence-corrected chi connectivity index (χ2v) is 6.22. The molecule has 1 aliphatic carbocycles. The summed E-state index contributed by atoms with van der Waals surface area (Å²) in [5.41, 5.74) is 2.83. The molecule has 90 valence electrons. The molecule has 0 spiro atoms. The van der Waals surface area contributed by atoms with Crippen molar-refractivity contribution in [2.45, 2.75) is 32.1 Å². The van der Waals surface area contributed by atoms with Gasteiger partial charge >= 0.3 is 5.97 Å². The highest BCUT2D eigenvalue weighted by Gasteiger charge is 2.61. The first-order valence-corrected chi connectivity index (χ1v) is 6.25. The summed E-state index contributed by atoms with van der Waals surface area (Å²) >= 11 is 0. The van der Waals surface area contributed by atoms with Crippen molar-refractivity contribution in [1.82, 2.24) is 0 Å². The molecule has 0 bridgehead atoms. The Labute approximate surface area is 102 Å². The second kappa shape index (κ2) is 3.34. The molecule has 1 aromatic rings. The van der Waals surface area contributed by atoms with Crippen LogP contribution in [0.25, 0.3) is 0 Å². The van der Waals surface area contributed by atoms with Crippen LogP contribution in [0.5, 0.6) is 0 Å². The van der Waals surface area contributed by atoms with Crippen molar-refractivity contribution in [1.29, 1.82) is 0 Å². The molecule has 3 atom stereocenters. The van der Waals surface area contributed by atoms with Gasteiger partial charge in [-0.2, -0.15) is 0 Å². The van der Waals surface area contributed by atoms with E-state index in [1.54, 1.807) is 0 Å². The molecule has 17 heavy (non-hydrogen) atoms. The monoisotopic (exact) mass is 230 g/mol. The number of cyclic esters (lactones) is 1. The van der Waals surface area contributed by atoms with Crippen molar-refractivity contribution in [2.75, 3.05) is 6.61 Å². The van der Waals surface area contributed by atoms with Gasteiger partial charge in [0.2, 0.25) is 0 Å². The molecule has 2 fully saturated rings. The third-order valence-electron chi connectivity index (χ3n) is 4.02. The number of fused-ring (bicyclic) bond motifs is 1. The zero-order valence-corrected chi connectivity index (χ0v) is 10.6. The van der Waals surface area contributed by atoms with Gasteiger partial charge in [-0.25, -0.2) is 0 Å². The van der Waals surface area contributed by atoms with Gasteiger partial charge in [0.05, 0.1) is 12.5 Å². The van der Waals surface area contributed by atoms with Crippen molar-refractivity contribution in [2.24, 2.45) is 11.8 Å². The lowest BCUT2D eigenvalue weighted by Gasteiger charge is -2.19. The maximum absolute atomic E-state index is 11.4. The van der Waals surface area contributed by atoms with Gasteiger partial charge in [0, 0.05) is 11.8 Å². The van der Waals surface area contributed by atoms with E-state index in [-0.39, 0.29) is 17.3 Å². The van der Waals surface area contributed by atoms with Gasteiger partial charge in [-0.15, -0.1) is 0 Å². The second-order valence-electron chi connectivity index (χ2n) is 6.22. The van der Waals surface area contributed by atoms with Crippen molar-refractivity contribution in [3.05, 3.63) is 35.4 Å². The maximum Gasteiger partial charge on any atom is 0.310 e. The summed E-state index contributed by atoms with van der Waals surface area (Å²) in [6.45, 7) is 7.26. The molecule has 0 N–H and O–H groups in total. The van der Waals surface area contributed by atoms with Crippen LogP contribution in [0.15, 0.2) is 24.3 Å². The smallest absolute Gasteiger partial charge is 0.310 e. The van der Waals surface area contributed by atoms with Crippen LogP contribution in [0.4, 0.5) is 0 Å². The first-order chi connectivity index (χ1) is 7.98. The number of hydrogen-bond donors (Lipinski definition) is 0. The number of esters is 1. The lowest BCUT2D eigenvalue weighted by Crippen LogP contribution is -2.11. The largest absolute Gasteiger partial charge is 0.465 e. The molecule has 0 aromatic heterocycles. The Balaban J connectivity index is 1.81. The number of benzene rings is 1. The Morgan fingerprint density at radius 3 is 2.24 bits per heavy atom. The van der Waals surface area contributed by atoms with Gasteiger partial charge in [0.15, 0.2) is 0 Å². The van der Waals surface area contributed by atoms with Gasteiger partial charge in [0.1, 0.15) is 0 Å². The standard InChI is InChI=1S/C15H18O2/c1-15(2,3)10-6-4-9(5-7-10)12-11-8-17-14(16)13(11)12/h4-7,11-13H,8H2,1-3H3. The predicted molar refractivity (Wildman–Crippen MR) is 65.8 cm³/mol. The van der Waals surface area contributed by atoms with Crippen LogP contribution in [0.1, 0.15) is 37.8 Å². The van der Waals surface area contributed by atoms with Gasteiger partial charge in [-0.05, 0) is 16.5 Å². The van der Waals surface area contributed by atoms with Crippen LogP contribution < -0.4 is 0 Å². The fraction of sp³-hybridized carbons (Fsp3) is 0.533. The van der Waals surface area contributed by atoms with Crippen molar-refractivity contribution in [3.8, 4) is 0 Å². The summed E-state index contributed by atoms with van der Waals surface area (Å²) in [6.07, 6.45) is 0. The minimum absolute atomic E-state index is 0.0000945. The van der Waals surface area contributed by atoms with Gasteiger partial charge in [-0.1, -0.05) is 45.0 Å². The molecule has 1 saturated carbocycles. The zero-order chi connectivity index (χ0) is 12.2. The van der Waals surface area contributed by atoms with Crippen LogP contribution in [0.2, 0.25) is 0 Å². The minimum atomic E-state index is -0.0000945. The van der Waals surface area contributed by atoms with E-state index >= 15 is 0 Å². The molecular weight excluding hydrogens is 212 g/mol. The lowest BCUT2D eigenvalue weighted by molar-refractivity contribution is -0.141. The summed E-state index contributed by atoms with van der Waals surface area (Å²) < 4.78 is 5.01. The minimum Gasteiger partial charge on any atom is -0.465 e. The van der Waals surface area contributed by atoms with E-state index in [1.165, 1.54) is 11.1 Å². The van der Waals surface area contributed by atoms with E-state index in [4.69, 9.17) is 4.74 Å². The molecule has 1 heterocycles. The van der Waals surface area contributed by atoms with Crippen LogP contribution in [0, 0.1) is 11.8 Å². The summed E-state index contributed by atoms with van der Waals surface area (Å²) in [5.74, 6) is 1.02. The molecule has 2 heteroatoms. The number of ether oxygens (including phenoxy) is 1. The Morgan fingerprint density at radius 2 is 1.76 bits per heavy atom. The van der Waals surface area contributed by atoms with E-state index in [1.807, 2.05) is 0 Å². The molecular formula is C15H18O2. The average molecular weight is 230 g/mol. The normalized spacial score (nSPS) is 31.0. The lowest BCUT2D eigenvalue weighted by atomic mass is 9.86. The van der Waals surface area contributed by atoms with E-state index in [2.05, 4.69) is 45.0 Å². The van der Waals surface area contributed by atoms with Crippen LogP contribution in [0.3, 0.4) is 0 Å². The Kier molecular flexibility index (Phi) is 2.13. The molecule has 0 amide bonds. The number of carbonyl (C=O) groups excluding carboxylic acids is 1. The fourth-order valence-electron chi connectivity index (χ4n) is 2.84. The first-order valence-electron chi connectivity index (χ1n) is 6.25. The topological polar surface area (TPSA) is 26.3 Å². The van der Waals surface area contributed by atoms with Gasteiger partial charge in [0.25, 0.3) is 0 Å². The molecule has 3 unspecified atom stereocenters. The molecule has 1 aromatic carbocycles. The number of carbonyl (C=O) groups is 1. The SMILES string of the molecule is CC(C)(C)c1ccc(C2C3COC(=O)C32)cc1. The highest BCUT2D eigenvalue weighted by atomic mass is 16.5. The highest BCUT2D eigenvalue weighted by Crippen LogP contribution is 2.58. The molecule has 1 saturated heterocycles. The van der Waals surface area contributed by atoms with Gasteiger partial charge < -0.3 is 4.74 Å². The number of hydrogen-bond acceptors (Lipinski definition) is 2. The third kappa shape index (κ3) is 1.67. The van der Waals surface area contributed by atoms with E-state index < -0.39 is 0 Å². The van der Waals surface area contributed by atoms with Crippen molar-refractivity contribution < 1.29 is 9.53 Å². The summed E-state index contributed by atoms with van der Waals surface area (Å²) in [7, 11) is 0. The summed E-state index contributed by atoms with van der Waals surface area (Å²) in [6, 6.07) is 8.73. The predicted octanol–water partition coefficient (Wildman–Crippen LogP) is 2.87. The van der Waals surface area contributed by atoms with E-state index in [9.17, 15) is 4.79 Å². The summed E-state index contributed by atoms with van der Waals surface area (Å²) in [5, 5.41) is 0. The van der Waals surface area contributed by atoms with Crippen molar-refractivity contribution >= 4 is 5.97 Å². The third-order valence-corrected chi connectivity index (χ3v) is 4.02. The molecule has 0 radical (unpaired) electrons. The highest BCUT2D eigenvalue weighted by molar-refractivity contribution is 5.80. The molecule has 2 nitrogen and oxygen atoms in total. The average Bonchev–Trinajstić information content (AvgIpc) is 2.88. The van der Waals surface area contributed by atoms with Crippen LogP contribution in [-0.2, 0) is 14.9 Å². The first kappa shape index (κ1) is 10.8. The van der Waals surface area contributed by atoms with Crippen molar-refractivity contribution in [3.63, 3.8) is 0 Å². The fourth-order valence-corrected chi connectivity index (χ4v) is 2.84. The Bertz CT molecular complexity index is 453. The van der Waals surface area contributed by atoms with E-state index in [0.717, 1.165) is 0 Å². The van der Waals surface area contributed by atoms with Gasteiger partial charge in [-0.3, -0.25) is 4.79 Å². The molecule has 1 aliphatic heterocycles.